The highest BCUT2D eigenvalue weighted by molar-refractivity contribution is 6.07. The molecule has 310 valence electrons. The highest BCUT2D eigenvalue weighted by atomic mass is 15.0. The van der Waals surface area contributed by atoms with E-state index < -0.39 is 0 Å². The van der Waals surface area contributed by atoms with E-state index in [1.807, 2.05) is 36.4 Å². The molecule has 0 fully saturated rings. The third kappa shape index (κ3) is 8.14. The molecular formula is C63H43N3. The fourth-order valence-electron chi connectivity index (χ4n) is 8.96. The van der Waals surface area contributed by atoms with Gasteiger partial charge in [-0.05, 0) is 96.1 Å². The molecule has 11 rings (SSSR count). The number of aromatic nitrogens is 3. The van der Waals surface area contributed by atoms with Crippen molar-refractivity contribution in [3.05, 3.63) is 261 Å². The van der Waals surface area contributed by atoms with Crippen LogP contribution in [0.1, 0.15) is 0 Å². The van der Waals surface area contributed by atoms with Crippen LogP contribution in [0.2, 0.25) is 0 Å². The van der Waals surface area contributed by atoms with E-state index >= 15 is 0 Å². The molecule has 3 nitrogen and oxygen atoms in total. The molecule has 1 heterocycles. The molecule has 0 aliphatic heterocycles. The second-order valence-electron chi connectivity index (χ2n) is 16.3. The van der Waals surface area contributed by atoms with Crippen molar-refractivity contribution >= 4 is 0 Å². The molecule has 0 unspecified atom stereocenters. The average Bonchev–Trinajstić information content (AvgIpc) is 3.41. The van der Waals surface area contributed by atoms with Crippen molar-refractivity contribution in [2.45, 2.75) is 0 Å². The van der Waals surface area contributed by atoms with Crippen LogP contribution in [0.4, 0.5) is 0 Å². The second kappa shape index (κ2) is 18.1. The van der Waals surface area contributed by atoms with Crippen molar-refractivity contribution in [3.8, 4) is 112 Å². The normalized spacial score (nSPS) is 11.0. The summed E-state index contributed by atoms with van der Waals surface area (Å²) >= 11 is 0. The quantitative estimate of drug-likeness (QED) is 0.138. The van der Waals surface area contributed by atoms with Crippen molar-refractivity contribution in [1.29, 1.82) is 0 Å². The molecule has 0 N–H and O–H groups in total. The van der Waals surface area contributed by atoms with Crippen LogP contribution in [0.25, 0.3) is 112 Å². The number of benzene rings is 10. The minimum Gasteiger partial charge on any atom is -0.208 e. The predicted octanol–water partition coefficient (Wildman–Crippen LogP) is 16.5. The zero-order valence-electron chi connectivity index (χ0n) is 36.2. The summed E-state index contributed by atoms with van der Waals surface area (Å²) < 4.78 is 0. The summed E-state index contributed by atoms with van der Waals surface area (Å²) in [5.41, 5.74) is 19.0. The highest BCUT2D eigenvalue weighted by Gasteiger charge is 2.24. The molecular weight excluding hydrogens is 799 g/mol. The highest BCUT2D eigenvalue weighted by Crippen LogP contribution is 2.50. The maximum absolute atomic E-state index is 5.13. The standard InChI is InChI=1S/C63H43N3/c1-7-21-44(22-8-1)45-37-39-51(40-38-45)62-64-61(50-31-17-6-18-32-50)65-63(66-62)55-36-20-34-53(42-55)52-33-19-35-54(41-52)57-43-56(46-23-9-2-10-24-46)58(47-25-11-3-12-26-47)60(49-29-15-5-16-30-49)59(57)48-27-13-4-14-28-48/h1-43H. The zero-order valence-corrected chi connectivity index (χ0v) is 36.2. The van der Waals surface area contributed by atoms with Crippen molar-refractivity contribution in [2.75, 3.05) is 0 Å². The monoisotopic (exact) mass is 841 g/mol. The molecule has 66 heavy (non-hydrogen) atoms. The Labute approximate surface area is 386 Å². The van der Waals surface area contributed by atoms with Gasteiger partial charge in [0.1, 0.15) is 0 Å². The van der Waals surface area contributed by atoms with E-state index in [1.54, 1.807) is 0 Å². The molecule has 0 atom stereocenters. The fourth-order valence-corrected chi connectivity index (χ4v) is 8.96. The molecule has 10 aromatic carbocycles. The van der Waals surface area contributed by atoms with E-state index in [0.717, 1.165) is 61.2 Å². The van der Waals surface area contributed by atoms with Crippen LogP contribution in [0.5, 0.6) is 0 Å². The lowest BCUT2D eigenvalue weighted by Gasteiger charge is -2.24. The van der Waals surface area contributed by atoms with Gasteiger partial charge in [-0.2, -0.15) is 0 Å². The number of hydrogen-bond acceptors (Lipinski definition) is 3. The fraction of sp³-hybridized carbons (Fsp3) is 0. The smallest absolute Gasteiger partial charge is 0.164 e. The largest absolute Gasteiger partial charge is 0.208 e. The van der Waals surface area contributed by atoms with Crippen LogP contribution in [-0.4, -0.2) is 15.0 Å². The minimum atomic E-state index is 0.617. The van der Waals surface area contributed by atoms with Crippen molar-refractivity contribution in [2.24, 2.45) is 0 Å². The van der Waals surface area contributed by atoms with E-state index in [9.17, 15) is 0 Å². The molecule has 1 aromatic heterocycles. The summed E-state index contributed by atoms with van der Waals surface area (Å²) in [7, 11) is 0. The first kappa shape index (κ1) is 40.0. The Morgan fingerprint density at radius 1 is 0.167 bits per heavy atom. The van der Waals surface area contributed by atoms with Gasteiger partial charge < -0.3 is 0 Å². The van der Waals surface area contributed by atoms with Crippen molar-refractivity contribution in [1.82, 2.24) is 15.0 Å². The van der Waals surface area contributed by atoms with Gasteiger partial charge in [-0.25, -0.2) is 15.0 Å². The van der Waals surface area contributed by atoms with Gasteiger partial charge in [0.15, 0.2) is 17.5 Å². The van der Waals surface area contributed by atoms with Gasteiger partial charge in [0, 0.05) is 16.7 Å². The van der Waals surface area contributed by atoms with Crippen molar-refractivity contribution < 1.29 is 0 Å². The summed E-state index contributed by atoms with van der Waals surface area (Å²) in [6.45, 7) is 0. The number of nitrogens with zero attached hydrogens (tertiary/aromatic N) is 3. The lowest BCUT2D eigenvalue weighted by atomic mass is 9.78. The Hall–Kier alpha value is -8.79. The van der Waals surface area contributed by atoms with Gasteiger partial charge in [0.25, 0.3) is 0 Å². The summed E-state index contributed by atoms with van der Waals surface area (Å²) in [6, 6.07) is 92.2. The number of hydrogen-bond donors (Lipinski definition) is 0. The Balaban J connectivity index is 1.07. The van der Waals surface area contributed by atoms with E-state index in [2.05, 4.69) is 224 Å². The third-order valence-corrected chi connectivity index (χ3v) is 12.1. The van der Waals surface area contributed by atoms with Gasteiger partial charge in [-0.15, -0.1) is 0 Å². The lowest BCUT2D eigenvalue weighted by Crippen LogP contribution is -2.00. The molecule has 0 saturated carbocycles. The van der Waals surface area contributed by atoms with Crippen LogP contribution in [0.3, 0.4) is 0 Å². The van der Waals surface area contributed by atoms with E-state index in [0.29, 0.717) is 17.5 Å². The second-order valence-corrected chi connectivity index (χ2v) is 16.3. The van der Waals surface area contributed by atoms with Crippen LogP contribution in [0.15, 0.2) is 261 Å². The van der Waals surface area contributed by atoms with E-state index in [-0.39, 0.29) is 0 Å². The van der Waals surface area contributed by atoms with E-state index in [1.165, 1.54) is 33.4 Å². The number of rotatable bonds is 10. The van der Waals surface area contributed by atoms with E-state index in [4.69, 9.17) is 15.0 Å². The van der Waals surface area contributed by atoms with Gasteiger partial charge in [0.2, 0.25) is 0 Å². The predicted molar refractivity (Wildman–Crippen MR) is 274 cm³/mol. The summed E-state index contributed by atoms with van der Waals surface area (Å²) in [5, 5.41) is 0. The zero-order chi connectivity index (χ0) is 44.1. The van der Waals surface area contributed by atoms with Gasteiger partial charge >= 0.3 is 0 Å². The summed E-state index contributed by atoms with van der Waals surface area (Å²) in [5.74, 6) is 1.87. The average molecular weight is 842 g/mol. The van der Waals surface area contributed by atoms with Gasteiger partial charge in [0.05, 0.1) is 0 Å². The molecule has 3 heteroatoms. The Morgan fingerprint density at radius 2 is 0.455 bits per heavy atom. The van der Waals surface area contributed by atoms with Crippen LogP contribution in [0, 0.1) is 0 Å². The molecule has 11 aromatic rings. The molecule has 0 radical (unpaired) electrons. The Kier molecular flexibility index (Phi) is 11.0. The van der Waals surface area contributed by atoms with Crippen LogP contribution in [-0.2, 0) is 0 Å². The SMILES string of the molecule is c1ccc(-c2ccc(-c3nc(-c4ccccc4)nc(-c4cccc(-c5cccc(-c6cc(-c7ccccc7)c(-c7ccccc7)c(-c7ccccc7)c6-c6ccccc6)c5)c4)n3)cc2)cc1. The molecule has 0 amide bonds. The third-order valence-electron chi connectivity index (χ3n) is 12.1. The molecule has 0 aliphatic carbocycles. The molecule has 0 aliphatic rings. The molecule has 0 saturated heterocycles. The maximum atomic E-state index is 5.13. The van der Waals surface area contributed by atoms with Crippen molar-refractivity contribution in [3.63, 3.8) is 0 Å². The first-order chi connectivity index (χ1) is 32.7. The molecule has 0 spiro atoms. The molecule has 0 bridgehead atoms. The lowest BCUT2D eigenvalue weighted by molar-refractivity contribution is 1.07. The van der Waals surface area contributed by atoms with Crippen LogP contribution >= 0.6 is 0 Å². The topological polar surface area (TPSA) is 38.7 Å². The van der Waals surface area contributed by atoms with Gasteiger partial charge in [-0.3, -0.25) is 0 Å². The Morgan fingerprint density at radius 3 is 0.939 bits per heavy atom. The summed E-state index contributed by atoms with van der Waals surface area (Å²) in [6.07, 6.45) is 0. The summed E-state index contributed by atoms with van der Waals surface area (Å²) in [4.78, 5) is 15.3. The minimum absolute atomic E-state index is 0.617. The first-order valence-electron chi connectivity index (χ1n) is 22.3. The van der Waals surface area contributed by atoms with Gasteiger partial charge in [-0.1, -0.05) is 243 Å². The maximum Gasteiger partial charge on any atom is 0.164 e. The van der Waals surface area contributed by atoms with Crippen LogP contribution < -0.4 is 0 Å². The first-order valence-corrected chi connectivity index (χ1v) is 22.3. The Bertz CT molecular complexity index is 3410.